The summed E-state index contributed by atoms with van der Waals surface area (Å²) < 4.78 is 5.96. The Morgan fingerprint density at radius 3 is 2.57 bits per heavy atom. The van der Waals surface area contributed by atoms with Crippen LogP contribution in [0.5, 0.6) is 5.75 Å². The van der Waals surface area contributed by atoms with Crippen molar-refractivity contribution in [1.82, 2.24) is 5.32 Å². The third-order valence-electron chi connectivity index (χ3n) is 3.53. The zero-order chi connectivity index (χ0) is 15.6. The predicted molar refractivity (Wildman–Crippen MR) is 101 cm³/mol. The van der Waals surface area contributed by atoms with Crippen LogP contribution in [0.15, 0.2) is 48.5 Å². The minimum absolute atomic E-state index is 0. The van der Waals surface area contributed by atoms with Crippen LogP contribution in [-0.2, 0) is 13.2 Å². The van der Waals surface area contributed by atoms with Crippen LogP contribution < -0.4 is 10.1 Å². The number of hydrogen-bond donors (Lipinski definition) is 1. The summed E-state index contributed by atoms with van der Waals surface area (Å²) in [7, 11) is 0. The largest absolute Gasteiger partial charge is 0.489 e. The molecule has 0 bridgehead atoms. The number of rotatable bonds is 9. The van der Waals surface area contributed by atoms with Gasteiger partial charge >= 0.3 is 0 Å². The predicted octanol–water partition coefficient (Wildman–Crippen LogP) is 5.62. The van der Waals surface area contributed by atoms with Crippen molar-refractivity contribution in [1.29, 1.82) is 0 Å². The second-order valence-corrected chi connectivity index (χ2v) is 5.85. The minimum atomic E-state index is 0. The van der Waals surface area contributed by atoms with Crippen LogP contribution in [0.2, 0.25) is 5.02 Å². The SMILES string of the molecule is CCCCCNCc1cc(Cl)ccc1OCc1ccccc1.Cl. The van der Waals surface area contributed by atoms with E-state index in [-0.39, 0.29) is 12.4 Å². The molecule has 0 aliphatic heterocycles. The summed E-state index contributed by atoms with van der Waals surface area (Å²) in [5.41, 5.74) is 2.28. The molecule has 0 fully saturated rings. The summed E-state index contributed by atoms with van der Waals surface area (Å²) >= 11 is 6.11. The lowest BCUT2D eigenvalue weighted by Gasteiger charge is -2.13. The fourth-order valence-electron chi connectivity index (χ4n) is 2.29. The number of benzene rings is 2. The van der Waals surface area contributed by atoms with E-state index in [1.165, 1.54) is 24.8 Å². The highest BCUT2D eigenvalue weighted by molar-refractivity contribution is 6.30. The van der Waals surface area contributed by atoms with E-state index in [0.29, 0.717) is 6.61 Å². The molecule has 0 heterocycles. The number of hydrogen-bond acceptors (Lipinski definition) is 2. The lowest BCUT2D eigenvalue weighted by molar-refractivity contribution is 0.302. The number of ether oxygens (including phenoxy) is 1. The molecule has 0 aliphatic carbocycles. The van der Waals surface area contributed by atoms with E-state index >= 15 is 0 Å². The first-order chi connectivity index (χ1) is 10.8. The molecular weight excluding hydrogens is 329 g/mol. The van der Waals surface area contributed by atoms with Crippen LogP contribution in [0.3, 0.4) is 0 Å². The second-order valence-electron chi connectivity index (χ2n) is 5.41. The Kier molecular flexibility index (Phi) is 9.77. The first-order valence-electron chi connectivity index (χ1n) is 7.95. The van der Waals surface area contributed by atoms with Gasteiger partial charge in [0.05, 0.1) is 0 Å². The lowest BCUT2D eigenvalue weighted by atomic mass is 10.2. The lowest BCUT2D eigenvalue weighted by Crippen LogP contribution is -2.15. The molecule has 0 unspecified atom stereocenters. The number of unbranched alkanes of at least 4 members (excludes halogenated alkanes) is 2. The molecule has 2 aromatic carbocycles. The van der Waals surface area contributed by atoms with Crippen LogP contribution in [0, 0.1) is 0 Å². The molecule has 0 aliphatic rings. The molecule has 0 amide bonds. The van der Waals surface area contributed by atoms with Crippen molar-refractivity contribution in [3.63, 3.8) is 0 Å². The fraction of sp³-hybridized carbons (Fsp3) is 0.368. The van der Waals surface area contributed by atoms with Gasteiger partial charge in [-0.1, -0.05) is 61.7 Å². The van der Waals surface area contributed by atoms with Gasteiger partial charge in [0.25, 0.3) is 0 Å². The van der Waals surface area contributed by atoms with E-state index in [2.05, 4.69) is 24.4 Å². The molecule has 23 heavy (non-hydrogen) atoms. The Labute approximate surface area is 150 Å². The normalized spacial score (nSPS) is 10.2. The molecule has 4 heteroatoms. The summed E-state index contributed by atoms with van der Waals surface area (Å²) in [6.07, 6.45) is 3.71. The third-order valence-corrected chi connectivity index (χ3v) is 3.77. The van der Waals surface area contributed by atoms with Crippen LogP contribution in [-0.4, -0.2) is 6.54 Å². The number of halogens is 2. The Morgan fingerprint density at radius 1 is 1.04 bits per heavy atom. The molecule has 126 valence electrons. The molecule has 1 N–H and O–H groups in total. The van der Waals surface area contributed by atoms with Crippen molar-refractivity contribution in [3.05, 3.63) is 64.7 Å². The Bertz CT molecular complexity index is 561. The maximum absolute atomic E-state index is 6.11. The average molecular weight is 354 g/mol. The highest BCUT2D eigenvalue weighted by Crippen LogP contribution is 2.23. The van der Waals surface area contributed by atoms with E-state index < -0.39 is 0 Å². The molecule has 0 spiro atoms. The van der Waals surface area contributed by atoms with Crippen LogP contribution in [0.25, 0.3) is 0 Å². The topological polar surface area (TPSA) is 21.3 Å². The molecular formula is C19H25Cl2NO. The first kappa shape index (κ1) is 19.8. The van der Waals surface area contributed by atoms with E-state index in [4.69, 9.17) is 16.3 Å². The van der Waals surface area contributed by atoms with Gasteiger partial charge in [0, 0.05) is 17.1 Å². The average Bonchev–Trinajstić information content (AvgIpc) is 2.55. The van der Waals surface area contributed by atoms with E-state index in [0.717, 1.165) is 29.4 Å². The van der Waals surface area contributed by atoms with Gasteiger partial charge < -0.3 is 10.1 Å². The van der Waals surface area contributed by atoms with Crippen molar-refractivity contribution in [2.45, 2.75) is 39.3 Å². The molecule has 2 nitrogen and oxygen atoms in total. The quantitative estimate of drug-likeness (QED) is 0.590. The monoisotopic (exact) mass is 353 g/mol. The summed E-state index contributed by atoms with van der Waals surface area (Å²) in [6, 6.07) is 16.0. The minimum Gasteiger partial charge on any atom is -0.489 e. The fourth-order valence-corrected chi connectivity index (χ4v) is 2.48. The van der Waals surface area contributed by atoms with Gasteiger partial charge in [0.1, 0.15) is 12.4 Å². The van der Waals surface area contributed by atoms with Gasteiger partial charge in [-0.2, -0.15) is 0 Å². The highest BCUT2D eigenvalue weighted by Gasteiger charge is 2.05. The Hall–Kier alpha value is -1.22. The molecule has 0 atom stereocenters. The standard InChI is InChI=1S/C19H24ClNO.ClH/c1-2-3-7-12-21-14-17-13-18(20)10-11-19(17)22-15-16-8-5-4-6-9-16;/h4-6,8-11,13,21H,2-3,7,12,14-15H2,1H3;1H. The first-order valence-corrected chi connectivity index (χ1v) is 8.33. The summed E-state index contributed by atoms with van der Waals surface area (Å²) in [6.45, 7) is 4.60. The zero-order valence-corrected chi connectivity index (χ0v) is 15.1. The summed E-state index contributed by atoms with van der Waals surface area (Å²) in [4.78, 5) is 0. The Morgan fingerprint density at radius 2 is 1.83 bits per heavy atom. The molecule has 2 aromatic rings. The van der Waals surface area contributed by atoms with Crippen molar-refractivity contribution in [2.24, 2.45) is 0 Å². The molecule has 0 aromatic heterocycles. The van der Waals surface area contributed by atoms with Gasteiger partial charge in [-0.3, -0.25) is 0 Å². The smallest absolute Gasteiger partial charge is 0.124 e. The van der Waals surface area contributed by atoms with E-state index in [1.807, 2.05) is 36.4 Å². The van der Waals surface area contributed by atoms with Crippen molar-refractivity contribution < 1.29 is 4.74 Å². The maximum Gasteiger partial charge on any atom is 0.124 e. The molecule has 0 radical (unpaired) electrons. The van der Waals surface area contributed by atoms with E-state index in [9.17, 15) is 0 Å². The highest BCUT2D eigenvalue weighted by atomic mass is 35.5. The number of nitrogens with one attached hydrogen (secondary N) is 1. The maximum atomic E-state index is 6.11. The second kappa shape index (κ2) is 11.3. The molecule has 0 saturated heterocycles. The van der Waals surface area contributed by atoms with Crippen LogP contribution in [0.1, 0.15) is 37.3 Å². The van der Waals surface area contributed by atoms with Crippen molar-refractivity contribution in [2.75, 3.05) is 6.54 Å². The van der Waals surface area contributed by atoms with Gasteiger partial charge in [-0.25, -0.2) is 0 Å². The zero-order valence-electron chi connectivity index (χ0n) is 13.6. The van der Waals surface area contributed by atoms with Crippen molar-refractivity contribution in [3.8, 4) is 5.75 Å². The Balaban J connectivity index is 0.00000264. The van der Waals surface area contributed by atoms with Crippen LogP contribution >= 0.6 is 24.0 Å². The summed E-state index contributed by atoms with van der Waals surface area (Å²) in [5.74, 6) is 0.899. The summed E-state index contributed by atoms with van der Waals surface area (Å²) in [5, 5.41) is 4.21. The van der Waals surface area contributed by atoms with Gasteiger partial charge in [-0.15, -0.1) is 12.4 Å². The molecule has 2 rings (SSSR count). The molecule has 0 saturated carbocycles. The van der Waals surface area contributed by atoms with Gasteiger partial charge in [0.2, 0.25) is 0 Å². The van der Waals surface area contributed by atoms with Gasteiger partial charge in [-0.05, 0) is 36.7 Å². The third kappa shape index (κ3) is 7.26. The van der Waals surface area contributed by atoms with Crippen molar-refractivity contribution >= 4 is 24.0 Å². The van der Waals surface area contributed by atoms with Gasteiger partial charge in [0.15, 0.2) is 0 Å². The van der Waals surface area contributed by atoms with Crippen LogP contribution in [0.4, 0.5) is 0 Å². The van der Waals surface area contributed by atoms with E-state index in [1.54, 1.807) is 0 Å².